The van der Waals surface area contributed by atoms with Crippen LogP contribution >= 0.6 is 0 Å². The highest BCUT2D eigenvalue weighted by atomic mass is 16.3. The summed E-state index contributed by atoms with van der Waals surface area (Å²) >= 11 is 0. The van der Waals surface area contributed by atoms with E-state index in [0.717, 1.165) is 0 Å². The van der Waals surface area contributed by atoms with Crippen LogP contribution in [0, 0.1) is 0 Å². The van der Waals surface area contributed by atoms with Crippen LogP contribution in [0.25, 0.3) is 0 Å². The highest BCUT2D eigenvalue weighted by Gasteiger charge is 2.35. The molecule has 2 amide bonds. The Bertz CT molecular complexity index is 217. The Morgan fingerprint density at radius 1 is 1.58 bits per heavy atom. The van der Waals surface area contributed by atoms with Crippen LogP contribution in [-0.2, 0) is 9.59 Å². The van der Waals surface area contributed by atoms with Crippen molar-refractivity contribution in [3.05, 3.63) is 0 Å². The normalized spacial score (nSPS) is 30.4. The number of piperazine rings is 1. The number of amides is 2. The molecule has 1 saturated heterocycles. The van der Waals surface area contributed by atoms with Crippen molar-refractivity contribution in [2.24, 2.45) is 0 Å². The molecule has 2 N–H and O–H groups in total. The maximum atomic E-state index is 11.2. The summed E-state index contributed by atoms with van der Waals surface area (Å²) < 4.78 is 0. The van der Waals surface area contributed by atoms with Gasteiger partial charge in [0.2, 0.25) is 11.8 Å². The van der Waals surface area contributed by atoms with E-state index in [4.69, 9.17) is 5.11 Å². The molecule has 1 fully saturated rings. The SMILES string of the molecule is CC1NC(=O)C(CO)N(C)C1=O. The fraction of sp³-hybridized carbons (Fsp3) is 0.714. The molecule has 0 aromatic heterocycles. The van der Waals surface area contributed by atoms with E-state index in [2.05, 4.69) is 5.32 Å². The van der Waals surface area contributed by atoms with Crippen molar-refractivity contribution in [1.29, 1.82) is 0 Å². The first kappa shape index (κ1) is 8.99. The summed E-state index contributed by atoms with van der Waals surface area (Å²) in [5, 5.41) is 11.3. The molecular formula is C7H12N2O3. The molecule has 1 heterocycles. The van der Waals surface area contributed by atoms with Crippen molar-refractivity contribution in [3.63, 3.8) is 0 Å². The van der Waals surface area contributed by atoms with Gasteiger partial charge >= 0.3 is 0 Å². The predicted molar refractivity (Wildman–Crippen MR) is 41.2 cm³/mol. The van der Waals surface area contributed by atoms with E-state index in [9.17, 15) is 9.59 Å². The molecule has 1 rings (SSSR count). The summed E-state index contributed by atoms with van der Waals surface area (Å²) in [7, 11) is 1.51. The van der Waals surface area contributed by atoms with Crippen LogP contribution in [0.15, 0.2) is 0 Å². The molecule has 5 nitrogen and oxygen atoms in total. The van der Waals surface area contributed by atoms with Crippen molar-refractivity contribution in [3.8, 4) is 0 Å². The summed E-state index contributed by atoms with van der Waals surface area (Å²) in [5.74, 6) is -0.472. The number of aliphatic hydroxyl groups is 1. The average Bonchev–Trinajstić information content (AvgIpc) is 2.01. The maximum absolute atomic E-state index is 11.2. The number of carbonyl (C=O) groups is 2. The lowest BCUT2D eigenvalue weighted by Gasteiger charge is -2.33. The number of nitrogens with one attached hydrogen (secondary N) is 1. The second kappa shape index (κ2) is 3.10. The standard InChI is InChI=1S/C7H12N2O3/c1-4-7(12)9(2)5(3-10)6(11)8-4/h4-5,10H,3H2,1-2H3,(H,8,11). The lowest BCUT2D eigenvalue weighted by molar-refractivity contribution is -0.148. The topological polar surface area (TPSA) is 69.6 Å². The van der Waals surface area contributed by atoms with Crippen LogP contribution in [0.4, 0.5) is 0 Å². The minimum absolute atomic E-state index is 0.173. The Kier molecular flexibility index (Phi) is 2.32. The van der Waals surface area contributed by atoms with Gasteiger partial charge in [-0.2, -0.15) is 0 Å². The fourth-order valence-corrected chi connectivity index (χ4v) is 1.21. The minimum atomic E-state index is -0.728. The number of rotatable bonds is 1. The van der Waals surface area contributed by atoms with Crippen molar-refractivity contribution >= 4 is 11.8 Å². The fourth-order valence-electron chi connectivity index (χ4n) is 1.21. The van der Waals surface area contributed by atoms with Crippen LogP contribution in [0.1, 0.15) is 6.92 Å². The van der Waals surface area contributed by atoms with Crippen molar-refractivity contribution in [2.75, 3.05) is 13.7 Å². The first-order valence-corrected chi connectivity index (χ1v) is 3.76. The van der Waals surface area contributed by atoms with Gasteiger partial charge in [0.15, 0.2) is 0 Å². The first-order valence-electron chi connectivity index (χ1n) is 3.76. The molecule has 0 aromatic carbocycles. The quantitative estimate of drug-likeness (QED) is 0.496. The third-order valence-corrected chi connectivity index (χ3v) is 2.02. The third-order valence-electron chi connectivity index (χ3n) is 2.02. The molecule has 1 aliphatic rings. The monoisotopic (exact) mass is 172 g/mol. The molecule has 5 heteroatoms. The smallest absolute Gasteiger partial charge is 0.245 e. The van der Waals surface area contributed by atoms with E-state index in [-0.39, 0.29) is 18.4 Å². The maximum Gasteiger partial charge on any atom is 0.245 e. The molecule has 0 saturated carbocycles. The average molecular weight is 172 g/mol. The molecule has 12 heavy (non-hydrogen) atoms. The highest BCUT2D eigenvalue weighted by Crippen LogP contribution is 2.06. The van der Waals surface area contributed by atoms with Gasteiger partial charge in [-0.3, -0.25) is 9.59 Å². The number of hydrogen-bond acceptors (Lipinski definition) is 3. The summed E-state index contributed by atoms with van der Waals surface area (Å²) in [5.41, 5.74) is 0. The number of aliphatic hydroxyl groups excluding tert-OH is 1. The van der Waals surface area contributed by atoms with Crippen LogP contribution in [0.5, 0.6) is 0 Å². The largest absolute Gasteiger partial charge is 0.394 e. The van der Waals surface area contributed by atoms with Gasteiger partial charge in [0.05, 0.1) is 6.61 Å². The molecule has 0 aliphatic carbocycles. The van der Waals surface area contributed by atoms with E-state index < -0.39 is 12.1 Å². The van der Waals surface area contributed by atoms with Crippen LogP contribution in [0.2, 0.25) is 0 Å². The summed E-state index contributed by atoms with van der Waals surface area (Å²) in [6.07, 6.45) is 0. The Hall–Kier alpha value is -1.10. The minimum Gasteiger partial charge on any atom is -0.394 e. The van der Waals surface area contributed by atoms with Crippen molar-refractivity contribution in [1.82, 2.24) is 10.2 Å². The molecule has 0 spiro atoms. The third kappa shape index (κ3) is 1.27. The lowest BCUT2D eigenvalue weighted by atomic mass is 10.1. The van der Waals surface area contributed by atoms with Gasteiger partial charge in [0, 0.05) is 7.05 Å². The molecule has 0 bridgehead atoms. The van der Waals surface area contributed by atoms with Gasteiger partial charge < -0.3 is 15.3 Å². The van der Waals surface area contributed by atoms with E-state index in [1.54, 1.807) is 6.92 Å². The van der Waals surface area contributed by atoms with Crippen LogP contribution in [0.3, 0.4) is 0 Å². The number of likely N-dealkylation sites (N-methyl/N-ethyl adjacent to an activating group) is 1. The Balaban J connectivity index is 2.79. The zero-order valence-corrected chi connectivity index (χ0v) is 7.07. The summed E-state index contributed by atoms with van der Waals surface area (Å²) in [4.78, 5) is 23.6. The van der Waals surface area contributed by atoms with Crippen molar-refractivity contribution < 1.29 is 14.7 Å². The van der Waals surface area contributed by atoms with Gasteiger partial charge in [-0.1, -0.05) is 0 Å². The van der Waals surface area contributed by atoms with Gasteiger partial charge in [-0.25, -0.2) is 0 Å². The van der Waals surface area contributed by atoms with Crippen molar-refractivity contribution in [2.45, 2.75) is 19.0 Å². The zero-order chi connectivity index (χ0) is 9.30. The van der Waals surface area contributed by atoms with E-state index in [0.29, 0.717) is 0 Å². The molecule has 2 unspecified atom stereocenters. The molecule has 0 radical (unpaired) electrons. The second-order valence-electron chi connectivity index (χ2n) is 2.88. The Labute approximate surface area is 70.4 Å². The molecule has 1 aliphatic heterocycles. The highest BCUT2D eigenvalue weighted by molar-refractivity contribution is 5.96. The Morgan fingerprint density at radius 3 is 2.67 bits per heavy atom. The molecule has 68 valence electrons. The van der Waals surface area contributed by atoms with Gasteiger partial charge in [0.1, 0.15) is 12.1 Å². The number of nitrogens with zero attached hydrogens (tertiary/aromatic N) is 1. The van der Waals surface area contributed by atoms with Gasteiger partial charge in [0.25, 0.3) is 0 Å². The summed E-state index contributed by atoms with van der Waals surface area (Å²) in [6, 6.07) is -1.21. The van der Waals surface area contributed by atoms with Crippen LogP contribution < -0.4 is 5.32 Å². The van der Waals surface area contributed by atoms with Crippen LogP contribution in [-0.4, -0.2) is 47.6 Å². The lowest BCUT2D eigenvalue weighted by Crippen LogP contribution is -2.62. The second-order valence-corrected chi connectivity index (χ2v) is 2.88. The van der Waals surface area contributed by atoms with E-state index in [1.165, 1.54) is 11.9 Å². The van der Waals surface area contributed by atoms with Gasteiger partial charge in [-0.15, -0.1) is 0 Å². The van der Waals surface area contributed by atoms with E-state index >= 15 is 0 Å². The summed E-state index contributed by atoms with van der Waals surface area (Å²) in [6.45, 7) is 1.28. The van der Waals surface area contributed by atoms with E-state index in [1.807, 2.05) is 0 Å². The molecular weight excluding hydrogens is 160 g/mol. The zero-order valence-electron chi connectivity index (χ0n) is 7.07. The first-order chi connectivity index (χ1) is 5.57. The Morgan fingerprint density at radius 2 is 2.17 bits per heavy atom. The predicted octanol–water partition coefficient (Wildman–Crippen LogP) is -1.68. The number of hydrogen-bond donors (Lipinski definition) is 2. The molecule has 2 atom stereocenters. The van der Waals surface area contributed by atoms with Gasteiger partial charge in [-0.05, 0) is 6.92 Å². The number of carbonyl (C=O) groups excluding carboxylic acids is 2. The molecule has 0 aromatic rings.